The number of aryl methyl sites for hydroxylation is 1. The lowest BCUT2D eigenvalue weighted by Crippen LogP contribution is -2.42. The quantitative estimate of drug-likeness (QED) is 0.834. The minimum atomic E-state index is -0.840. The van der Waals surface area contributed by atoms with E-state index < -0.39 is 11.9 Å². The van der Waals surface area contributed by atoms with E-state index in [-0.39, 0.29) is 12.5 Å². The third-order valence-electron chi connectivity index (χ3n) is 3.07. The number of nitrogens with zero attached hydrogens (tertiary/aromatic N) is 2. The molecule has 0 spiro atoms. The van der Waals surface area contributed by atoms with Crippen LogP contribution in [0, 0.1) is 12.8 Å². The Bertz CT molecular complexity index is 486. The average molecular weight is 269 g/mol. The lowest BCUT2D eigenvalue weighted by molar-refractivity contribution is -0.143. The Balaban J connectivity index is 2.14. The van der Waals surface area contributed by atoms with E-state index in [1.165, 1.54) is 0 Å². The topological polar surface area (TPSA) is 96.5 Å². The Labute approximate surface area is 108 Å². The van der Waals surface area contributed by atoms with Gasteiger partial charge in [-0.1, -0.05) is 11.3 Å². The van der Waals surface area contributed by atoms with Crippen molar-refractivity contribution in [2.45, 2.75) is 19.8 Å². The van der Waals surface area contributed by atoms with E-state index in [1.807, 2.05) is 0 Å². The normalized spacial score (nSPS) is 19.8. The number of anilines is 1. The van der Waals surface area contributed by atoms with Gasteiger partial charge in [-0.05, 0) is 19.8 Å². The number of carbonyl (C=O) groups excluding carboxylic acids is 1. The van der Waals surface area contributed by atoms with Crippen molar-refractivity contribution in [3.63, 3.8) is 0 Å². The van der Waals surface area contributed by atoms with E-state index in [1.54, 1.807) is 11.8 Å². The molecule has 0 aromatic carbocycles. The van der Waals surface area contributed by atoms with Gasteiger partial charge in [0.25, 0.3) is 5.91 Å². The van der Waals surface area contributed by atoms with E-state index in [0.29, 0.717) is 28.7 Å². The van der Waals surface area contributed by atoms with E-state index in [2.05, 4.69) is 4.98 Å². The monoisotopic (exact) mass is 269 g/mol. The standard InChI is InChI=1S/C11H15N3O3S/c1-6-8(18-11(12)13-6)9(15)14-4-2-3-7(5-14)10(16)17/h7H,2-5H2,1H3,(H2,12,13)(H,16,17). The van der Waals surface area contributed by atoms with Crippen molar-refractivity contribution in [2.75, 3.05) is 18.8 Å². The summed E-state index contributed by atoms with van der Waals surface area (Å²) < 4.78 is 0. The molecule has 7 heteroatoms. The Kier molecular flexibility index (Phi) is 3.51. The highest BCUT2D eigenvalue weighted by Gasteiger charge is 2.30. The van der Waals surface area contributed by atoms with E-state index >= 15 is 0 Å². The lowest BCUT2D eigenvalue weighted by atomic mass is 9.98. The Hall–Kier alpha value is -1.63. The molecule has 1 unspecified atom stereocenters. The molecule has 1 aliphatic rings. The van der Waals surface area contributed by atoms with Crippen LogP contribution in [0.2, 0.25) is 0 Å². The van der Waals surface area contributed by atoms with Crippen LogP contribution in [0.4, 0.5) is 5.13 Å². The van der Waals surface area contributed by atoms with Crippen LogP contribution in [0.15, 0.2) is 0 Å². The summed E-state index contributed by atoms with van der Waals surface area (Å²) in [7, 11) is 0. The molecule has 0 radical (unpaired) electrons. The zero-order valence-electron chi connectivity index (χ0n) is 10.0. The second kappa shape index (κ2) is 4.93. The van der Waals surface area contributed by atoms with Crippen molar-refractivity contribution < 1.29 is 14.7 Å². The number of nitrogen functional groups attached to an aromatic ring is 1. The predicted octanol–water partition coefficient (Wildman–Crippen LogP) is 0.971. The molecule has 0 bridgehead atoms. The van der Waals surface area contributed by atoms with Crippen molar-refractivity contribution in [3.05, 3.63) is 10.6 Å². The van der Waals surface area contributed by atoms with Gasteiger partial charge in [0, 0.05) is 13.1 Å². The largest absolute Gasteiger partial charge is 0.481 e. The van der Waals surface area contributed by atoms with Crippen LogP contribution in [-0.4, -0.2) is 40.0 Å². The molecule has 1 aliphatic heterocycles. The number of aliphatic carboxylic acids is 1. The Morgan fingerprint density at radius 2 is 2.28 bits per heavy atom. The van der Waals surface area contributed by atoms with Crippen LogP contribution in [-0.2, 0) is 4.79 Å². The highest BCUT2D eigenvalue weighted by molar-refractivity contribution is 7.17. The summed E-state index contributed by atoms with van der Waals surface area (Å²) in [6.45, 7) is 2.60. The second-order valence-electron chi connectivity index (χ2n) is 4.40. The number of hydrogen-bond donors (Lipinski definition) is 2. The van der Waals surface area contributed by atoms with Gasteiger partial charge in [-0.3, -0.25) is 9.59 Å². The summed E-state index contributed by atoms with van der Waals surface area (Å²) in [5.74, 6) is -1.46. The van der Waals surface area contributed by atoms with Gasteiger partial charge < -0.3 is 15.7 Å². The van der Waals surface area contributed by atoms with Crippen molar-refractivity contribution in [1.82, 2.24) is 9.88 Å². The summed E-state index contributed by atoms with van der Waals surface area (Å²) in [5.41, 5.74) is 6.18. The molecule has 98 valence electrons. The molecular weight excluding hydrogens is 254 g/mol. The highest BCUT2D eigenvalue weighted by atomic mass is 32.1. The molecule has 6 nitrogen and oxygen atoms in total. The molecule has 1 amide bonds. The third kappa shape index (κ3) is 2.45. The summed E-state index contributed by atoms with van der Waals surface area (Å²) in [6.07, 6.45) is 1.35. The van der Waals surface area contributed by atoms with E-state index in [9.17, 15) is 9.59 Å². The number of carboxylic acids is 1. The molecule has 18 heavy (non-hydrogen) atoms. The maximum Gasteiger partial charge on any atom is 0.308 e. The minimum Gasteiger partial charge on any atom is -0.481 e. The van der Waals surface area contributed by atoms with Crippen molar-refractivity contribution >= 4 is 28.3 Å². The maximum atomic E-state index is 12.2. The number of carboxylic acid groups (broad SMARTS) is 1. The molecule has 1 saturated heterocycles. The van der Waals surface area contributed by atoms with Crippen LogP contribution < -0.4 is 5.73 Å². The average Bonchev–Trinajstić information content (AvgIpc) is 2.67. The second-order valence-corrected chi connectivity index (χ2v) is 5.43. The number of nitrogens with two attached hydrogens (primary N) is 1. The van der Waals surface area contributed by atoms with Gasteiger partial charge in [-0.2, -0.15) is 0 Å². The van der Waals surface area contributed by atoms with Gasteiger partial charge in [-0.15, -0.1) is 0 Å². The number of rotatable bonds is 2. The molecule has 1 aromatic heterocycles. The maximum absolute atomic E-state index is 12.2. The first-order valence-corrected chi connectivity index (χ1v) is 6.55. The number of carbonyl (C=O) groups is 2. The molecule has 3 N–H and O–H groups in total. The van der Waals surface area contributed by atoms with Gasteiger partial charge >= 0.3 is 5.97 Å². The number of likely N-dealkylation sites (tertiary alicyclic amines) is 1. The summed E-state index contributed by atoms with van der Waals surface area (Å²) in [6, 6.07) is 0. The predicted molar refractivity (Wildman–Crippen MR) is 67.5 cm³/mol. The number of aromatic nitrogens is 1. The molecule has 1 fully saturated rings. The zero-order valence-corrected chi connectivity index (χ0v) is 10.9. The van der Waals surface area contributed by atoms with Gasteiger partial charge in [0.2, 0.25) is 0 Å². The van der Waals surface area contributed by atoms with E-state index in [0.717, 1.165) is 17.8 Å². The SMILES string of the molecule is Cc1nc(N)sc1C(=O)N1CCCC(C(=O)O)C1. The molecule has 2 heterocycles. The fourth-order valence-corrected chi connectivity index (χ4v) is 2.92. The summed E-state index contributed by atoms with van der Waals surface area (Å²) >= 11 is 1.15. The van der Waals surface area contributed by atoms with Crippen molar-refractivity contribution in [3.8, 4) is 0 Å². The molecule has 2 rings (SSSR count). The molecule has 1 aromatic rings. The molecular formula is C11H15N3O3S. The summed E-state index contributed by atoms with van der Waals surface area (Å²) in [5, 5.41) is 9.36. The Morgan fingerprint density at radius 1 is 1.56 bits per heavy atom. The lowest BCUT2D eigenvalue weighted by Gasteiger charge is -2.30. The zero-order chi connectivity index (χ0) is 13.3. The Morgan fingerprint density at radius 3 is 2.83 bits per heavy atom. The third-order valence-corrected chi connectivity index (χ3v) is 4.04. The van der Waals surface area contributed by atoms with Crippen LogP contribution in [0.1, 0.15) is 28.2 Å². The summed E-state index contributed by atoms with van der Waals surface area (Å²) in [4.78, 5) is 29.3. The van der Waals surface area contributed by atoms with Crippen molar-refractivity contribution in [1.29, 1.82) is 0 Å². The van der Waals surface area contributed by atoms with Crippen molar-refractivity contribution in [2.24, 2.45) is 5.92 Å². The van der Waals surface area contributed by atoms with Gasteiger partial charge in [0.1, 0.15) is 4.88 Å². The smallest absolute Gasteiger partial charge is 0.308 e. The van der Waals surface area contributed by atoms with Crippen LogP contribution in [0.25, 0.3) is 0 Å². The first-order valence-electron chi connectivity index (χ1n) is 5.74. The number of amides is 1. The fourth-order valence-electron chi connectivity index (χ4n) is 2.12. The van der Waals surface area contributed by atoms with Crippen LogP contribution in [0.3, 0.4) is 0 Å². The molecule has 0 saturated carbocycles. The number of hydrogen-bond acceptors (Lipinski definition) is 5. The first kappa shape index (κ1) is 12.8. The molecule has 1 atom stereocenters. The highest BCUT2D eigenvalue weighted by Crippen LogP contribution is 2.24. The van der Waals surface area contributed by atoms with Crippen LogP contribution >= 0.6 is 11.3 Å². The molecule has 0 aliphatic carbocycles. The number of thiazole rings is 1. The van der Waals surface area contributed by atoms with Crippen LogP contribution in [0.5, 0.6) is 0 Å². The van der Waals surface area contributed by atoms with Gasteiger partial charge in [0.05, 0.1) is 11.6 Å². The van der Waals surface area contributed by atoms with Gasteiger partial charge in [0.15, 0.2) is 5.13 Å². The number of piperidine rings is 1. The van der Waals surface area contributed by atoms with Gasteiger partial charge in [-0.25, -0.2) is 4.98 Å². The minimum absolute atomic E-state index is 0.160. The van der Waals surface area contributed by atoms with E-state index in [4.69, 9.17) is 10.8 Å². The fraction of sp³-hybridized carbons (Fsp3) is 0.545. The first-order chi connectivity index (χ1) is 8.49.